The van der Waals surface area contributed by atoms with E-state index in [2.05, 4.69) is 151 Å². The van der Waals surface area contributed by atoms with Gasteiger partial charge in [0.2, 0.25) is 0 Å². The quantitative estimate of drug-likeness (QED) is 0.209. The number of hydrogen-bond donors (Lipinski definition) is 1. The average molecular weight is 544 g/mol. The number of fused-ring (bicyclic) bond motifs is 11. The lowest BCUT2D eigenvalue weighted by Gasteiger charge is -2.12. The first kappa shape index (κ1) is 23.0. The molecule has 0 amide bonds. The van der Waals surface area contributed by atoms with Crippen LogP contribution in [0.2, 0.25) is 0 Å². The van der Waals surface area contributed by atoms with Crippen LogP contribution >= 0.6 is 0 Å². The van der Waals surface area contributed by atoms with Crippen molar-refractivity contribution in [1.29, 1.82) is 0 Å². The molecule has 0 saturated heterocycles. The summed E-state index contributed by atoms with van der Waals surface area (Å²) in [6.07, 6.45) is 0. The van der Waals surface area contributed by atoms with Crippen LogP contribution < -0.4 is 0 Å². The Labute approximate surface area is 248 Å². The van der Waals surface area contributed by atoms with Gasteiger partial charge in [0.25, 0.3) is 0 Å². The zero-order valence-corrected chi connectivity index (χ0v) is 23.4. The van der Waals surface area contributed by atoms with Crippen molar-refractivity contribution in [2.75, 3.05) is 0 Å². The molecule has 43 heavy (non-hydrogen) atoms. The topological polar surface area (TPSA) is 15.8 Å². The first-order chi connectivity index (χ1) is 21.3. The molecule has 0 saturated carbocycles. The van der Waals surface area contributed by atoms with Crippen molar-refractivity contribution >= 4 is 54.0 Å². The Morgan fingerprint density at radius 2 is 0.884 bits per heavy atom. The van der Waals surface area contributed by atoms with Gasteiger partial charge in [0.15, 0.2) is 0 Å². The van der Waals surface area contributed by atoms with E-state index in [1.54, 1.807) is 0 Å². The van der Waals surface area contributed by atoms with Crippen molar-refractivity contribution < 1.29 is 0 Å². The van der Waals surface area contributed by atoms with Crippen LogP contribution in [-0.4, -0.2) is 4.98 Å². The van der Waals surface area contributed by atoms with Crippen LogP contribution in [0.4, 0.5) is 0 Å². The van der Waals surface area contributed by atoms with Crippen LogP contribution in [0.3, 0.4) is 0 Å². The molecule has 0 bridgehead atoms. The molecule has 1 nitrogen and oxygen atoms in total. The Morgan fingerprint density at radius 3 is 1.58 bits per heavy atom. The van der Waals surface area contributed by atoms with E-state index in [1.165, 1.54) is 98.6 Å². The van der Waals surface area contributed by atoms with Gasteiger partial charge in [0.05, 0.1) is 5.69 Å². The highest BCUT2D eigenvalue weighted by atomic mass is 14.7. The van der Waals surface area contributed by atoms with E-state index in [-0.39, 0.29) is 0 Å². The Balaban J connectivity index is 1.13. The van der Waals surface area contributed by atoms with Gasteiger partial charge in [-0.25, -0.2) is 0 Å². The van der Waals surface area contributed by atoms with Crippen molar-refractivity contribution in [1.82, 2.24) is 4.98 Å². The predicted octanol–water partition coefficient (Wildman–Crippen LogP) is 11.8. The molecule has 0 aliphatic heterocycles. The van der Waals surface area contributed by atoms with E-state index in [1.807, 2.05) is 0 Å². The lowest BCUT2D eigenvalue weighted by atomic mass is 9.91. The van der Waals surface area contributed by atoms with Crippen LogP contribution in [0.1, 0.15) is 0 Å². The molecule has 0 fully saturated rings. The number of nitrogens with one attached hydrogen (secondary N) is 1. The van der Waals surface area contributed by atoms with Crippen LogP contribution in [0.5, 0.6) is 0 Å². The van der Waals surface area contributed by atoms with Gasteiger partial charge in [-0.05, 0) is 95.2 Å². The summed E-state index contributed by atoms with van der Waals surface area (Å²) in [5.41, 5.74) is 11.3. The Morgan fingerprint density at radius 1 is 0.349 bits per heavy atom. The fourth-order valence-electron chi connectivity index (χ4n) is 7.58. The third-order valence-corrected chi connectivity index (χ3v) is 9.52. The molecule has 0 radical (unpaired) electrons. The lowest BCUT2D eigenvalue weighted by Crippen LogP contribution is -1.86. The highest BCUT2D eigenvalue weighted by Crippen LogP contribution is 2.50. The maximum absolute atomic E-state index is 3.74. The third kappa shape index (κ3) is 3.17. The Hall–Kier alpha value is -5.66. The van der Waals surface area contributed by atoms with Crippen molar-refractivity contribution in [3.63, 3.8) is 0 Å². The van der Waals surface area contributed by atoms with E-state index in [0.29, 0.717) is 0 Å². The van der Waals surface area contributed by atoms with Crippen LogP contribution in [-0.2, 0) is 0 Å². The Kier molecular flexibility index (Phi) is 4.51. The summed E-state index contributed by atoms with van der Waals surface area (Å²) >= 11 is 0. The molecule has 0 spiro atoms. The molecule has 8 aromatic carbocycles. The molecule has 1 heteroatoms. The summed E-state index contributed by atoms with van der Waals surface area (Å²) in [6, 6.07) is 53.7. The normalized spacial score (nSPS) is 12.2. The number of aromatic nitrogens is 1. The van der Waals surface area contributed by atoms with E-state index in [0.717, 1.165) is 0 Å². The zero-order valence-electron chi connectivity index (χ0n) is 23.4. The number of rotatable bonds is 2. The second-order valence-electron chi connectivity index (χ2n) is 11.8. The maximum atomic E-state index is 3.74. The van der Waals surface area contributed by atoms with E-state index in [4.69, 9.17) is 0 Å². The van der Waals surface area contributed by atoms with Gasteiger partial charge in [-0.1, -0.05) is 121 Å². The van der Waals surface area contributed by atoms with Crippen molar-refractivity contribution in [2.45, 2.75) is 0 Å². The molecule has 1 N–H and O–H groups in total. The minimum absolute atomic E-state index is 1.19. The fourth-order valence-corrected chi connectivity index (χ4v) is 7.58. The summed E-state index contributed by atoms with van der Waals surface area (Å²) in [5.74, 6) is 0. The second-order valence-corrected chi connectivity index (χ2v) is 11.8. The number of H-pyrrole nitrogens is 1. The highest BCUT2D eigenvalue weighted by molar-refractivity contribution is 6.26. The van der Waals surface area contributed by atoms with Gasteiger partial charge in [-0.2, -0.15) is 0 Å². The Bertz CT molecular complexity index is 2580. The predicted molar refractivity (Wildman–Crippen MR) is 184 cm³/mol. The molecule has 1 heterocycles. The molecule has 10 rings (SSSR count). The molecule has 0 atom stereocenters. The molecule has 9 aromatic rings. The van der Waals surface area contributed by atoms with Gasteiger partial charge >= 0.3 is 0 Å². The first-order valence-corrected chi connectivity index (χ1v) is 14.9. The molecular formula is C42H25N. The van der Waals surface area contributed by atoms with Crippen LogP contribution in [0.15, 0.2) is 146 Å². The van der Waals surface area contributed by atoms with Gasteiger partial charge in [-0.15, -0.1) is 0 Å². The molecule has 1 aliphatic rings. The van der Waals surface area contributed by atoms with E-state index in [9.17, 15) is 0 Å². The van der Waals surface area contributed by atoms with Crippen LogP contribution in [0, 0.1) is 0 Å². The van der Waals surface area contributed by atoms with Gasteiger partial charge in [-0.3, -0.25) is 0 Å². The molecule has 198 valence electrons. The third-order valence-electron chi connectivity index (χ3n) is 9.52. The molecule has 0 unspecified atom stereocenters. The molecular weight excluding hydrogens is 518 g/mol. The smallest absolute Gasteiger partial charge is 0.0551 e. The monoisotopic (exact) mass is 543 g/mol. The van der Waals surface area contributed by atoms with Crippen molar-refractivity contribution in [3.8, 4) is 44.6 Å². The van der Waals surface area contributed by atoms with Crippen molar-refractivity contribution in [2.24, 2.45) is 0 Å². The van der Waals surface area contributed by atoms with Gasteiger partial charge in [0, 0.05) is 22.0 Å². The molecule has 1 aromatic heterocycles. The summed E-state index contributed by atoms with van der Waals surface area (Å²) in [4.78, 5) is 3.74. The fraction of sp³-hybridized carbons (Fsp3) is 0. The largest absolute Gasteiger partial charge is 0.354 e. The number of benzene rings is 8. The summed E-state index contributed by atoms with van der Waals surface area (Å²) in [6.45, 7) is 0. The summed E-state index contributed by atoms with van der Waals surface area (Å²) in [7, 11) is 0. The maximum Gasteiger partial charge on any atom is 0.0551 e. The zero-order chi connectivity index (χ0) is 28.1. The van der Waals surface area contributed by atoms with Crippen LogP contribution in [0.25, 0.3) is 98.6 Å². The van der Waals surface area contributed by atoms with E-state index >= 15 is 0 Å². The van der Waals surface area contributed by atoms with Crippen molar-refractivity contribution in [3.05, 3.63) is 146 Å². The van der Waals surface area contributed by atoms with Gasteiger partial charge < -0.3 is 4.98 Å². The van der Waals surface area contributed by atoms with E-state index < -0.39 is 0 Å². The summed E-state index contributed by atoms with van der Waals surface area (Å²) < 4.78 is 0. The number of aromatic amines is 1. The van der Waals surface area contributed by atoms with Gasteiger partial charge in [0.1, 0.15) is 0 Å². The minimum atomic E-state index is 1.19. The second kappa shape index (κ2) is 8.44. The first-order valence-electron chi connectivity index (χ1n) is 14.9. The summed E-state index contributed by atoms with van der Waals surface area (Å²) in [5, 5.41) is 11.8. The number of hydrogen-bond acceptors (Lipinski definition) is 0. The molecule has 1 aliphatic carbocycles. The highest BCUT2D eigenvalue weighted by Gasteiger charge is 2.25. The minimum Gasteiger partial charge on any atom is -0.354 e. The SMILES string of the molecule is c1cc(-c2ccc3[nH]c4c(c3c2)-c2cccc3cccc-4c23)cc(-c2ccc3c4ccccc4c4ccccc4c3c2)c1. The standard InChI is InChI=1S/C42H25N/c1-2-14-32-30(12-1)31-13-3-4-15-33(31)37-23-28(18-20-34(32)37)26-10-5-11-27(22-26)29-19-21-39-38(24-29)41-35-16-6-8-25-9-7-17-36(40(25)35)42(41)43-39/h1-24,43H. The average Bonchev–Trinajstić information content (AvgIpc) is 3.61. The lowest BCUT2D eigenvalue weighted by molar-refractivity contribution is 1.48.